The second-order valence-corrected chi connectivity index (χ2v) is 3.84. The average Bonchev–Trinajstić information content (AvgIpc) is 2.19. The number of aliphatic carboxylic acids is 1. The van der Waals surface area contributed by atoms with E-state index in [0.29, 0.717) is 0 Å². The Kier molecular flexibility index (Phi) is 6.54. The van der Waals surface area contributed by atoms with Crippen LogP contribution in [0.3, 0.4) is 0 Å². The van der Waals surface area contributed by atoms with Crippen molar-refractivity contribution in [2.75, 3.05) is 26.2 Å². The maximum Gasteiger partial charge on any atom is 0.0786 e. The van der Waals surface area contributed by atoms with Gasteiger partial charge in [-0.2, -0.15) is 0 Å². The molecule has 0 aliphatic carbocycles. The number of carbonyl (C=O) groups excluding carboxylic acids is 1. The zero-order chi connectivity index (χ0) is 11.0. The van der Waals surface area contributed by atoms with E-state index in [1.165, 1.54) is 0 Å². The fourth-order valence-corrected chi connectivity index (χ4v) is 1.86. The number of quaternary nitrogens is 1. The molecule has 0 aromatic rings. The number of unbranched alkanes of at least 4 members (excludes halogenated alkanes) is 1. The molecule has 0 saturated heterocycles. The molecule has 0 bridgehead atoms. The maximum absolute atomic E-state index is 10.2. The summed E-state index contributed by atoms with van der Waals surface area (Å²) >= 11 is 0. The number of hydrogen-bond acceptors (Lipinski definition) is 2. The van der Waals surface area contributed by atoms with Crippen LogP contribution in [0.25, 0.3) is 0 Å². The smallest absolute Gasteiger partial charge is 0.0786 e. The molecular weight excluding hydrogens is 178 g/mol. The van der Waals surface area contributed by atoms with E-state index in [9.17, 15) is 9.90 Å². The van der Waals surface area contributed by atoms with Crippen LogP contribution in [0.2, 0.25) is 0 Å². The molecule has 0 atom stereocenters. The lowest BCUT2D eigenvalue weighted by atomic mass is 10.2. The van der Waals surface area contributed by atoms with Crippen molar-refractivity contribution in [2.24, 2.45) is 0 Å². The Labute approximate surface area is 87.3 Å². The summed E-state index contributed by atoms with van der Waals surface area (Å²) in [4.78, 5) is 10.2. The number of carboxylic acids is 1. The highest BCUT2D eigenvalue weighted by Crippen LogP contribution is 2.09. The van der Waals surface area contributed by atoms with Crippen LogP contribution in [0, 0.1) is 0 Å². The van der Waals surface area contributed by atoms with Crippen LogP contribution in [0.4, 0.5) is 0 Å². The van der Waals surface area contributed by atoms with Crippen LogP contribution >= 0.6 is 0 Å². The largest absolute Gasteiger partial charge is 0.550 e. The summed E-state index contributed by atoms with van der Waals surface area (Å²) in [7, 11) is 0. The van der Waals surface area contributed by atoms with Gasteiger partial charge in [-0.1, -0.05) is 0 Å². The van der Waals surface area contributed by atoms with Gasteiger partial charge < -0.3 is 14.4 Å². The molecule has 0 unspecified atom stereocenters. The minimum absolute atomic E-state index is 0.205. The lowest BCUT2D eigenvalue weighted by Gasteiger charge is -2.35. The first-order valence-corrected chi connectivity index (χ1v) is 5.65. The van der Waals surface area contributed by atoms with Gasteiger partial charge in [0.1, 0.15) is 0 Å². The minimum atomic E-state index is -0.924. The quantitative estimate of drug-likeness (QED) is 0.430. The van der Waals surface area contributed by atoms with Gasteiger partial charge in [0.25, 0.3) is 0 Å². The summed E-state index contributed by atoms with van der Waals surface area (Å²) < 4.78 is 1.10. The topological polar surface area (TPSA) is 40.1 Å². The van der Waals surface area contributed by atoms with Gasteiger partial charge in [0.2, 0.25) is 0 Å². The molecule has 0 aromatic heterocycles. The van der Waals surface area contributed by atoms with Crippen molar-refractivity contribution >= 4 is 5.97 Å². The molecule has 0 fully saturated rings. The Hall–Kier alpha value is -0.570. The predicted molar refractivity (Wildman–Crippen MR) is 55.6 cm³/mol. The van der Waals surface area contributed by atoms with Crippen LogP contribution in [-0.2, 0) is 4.79 Å². The fraction of sp³-hybridized carbons (Fsp3) is 0.909. The molecule has 0 saturated carbocycles. The zero-order valence-electron chi connectivity index (χ0n) is 9.71. The van der Waals surface area contributed by atoms with E-state index in [2.05, 4.69) is 20.8 Å². The molecule has 3 heteroatoms. The Balaban J connectivity index is 3.77. The molecule has 0 amide bonds. The van der Waals surface area contributed by atoms with E-state index in [1.807, 2.05) is 0 Å². The standard InChI is InChI=1S/C11H23NO2/c1-4-12(5-2,6-3)10-8-7-9-11(13)14/h4-10H2,1-3H3. The second kappa shape index (κ2) is 6.82. The van der Waals surface area contributed by atoms with Crippen LogP contribution in [-0.4, -0.2) is 36.6 Å². The van der Waals surface area contributed by atoms with Crippen LogP contribution in [0.5, 0.6) is 0 Å². The Morgan fingerprint density at radius 3 is 1.93 bits per heavy atom. The summed E-state index contributed by atoms with van der Waals surface area (Å²) in [5.74, 6) is -0.924. The highest BCUT2D eigenvalue weighted by Gasteiger charge is 2.19. The van der Waals surface area contributed by atoms with Gasteiger partial charge in [-0.15, -0.1) is 0 Å². The van der Waals surface area contributed by atoms with E-state index in [0.717, 1.165) is 43.5 Å². The highest BCUT2D eigenvalue weighted by atomic mass is 16.4. The van der Waals surface area contributed by atoms with Crippen molar-refractivity contribution in [3.8, 4) is 0 Å². The molecule has 0 spiro atoms. The van der Waals surface area contributed by atoms with Gasteiger partial charge in [0, 0.05) is 5.97 Å². The summed E-state index contributed by atoms with van der Waals surface area (Å²) in [6.07, 6.45) is 1.95. The molecule has 0 heterocycles. The van der Waals surface area contributed by atoms with E-state index in [-0.39, 0.29) is 6.42 Å². The number of carboxylic acid groups (broad SMARTS) is 1. The molecule has 3 nitrogen and oxygen atoms in total. The van der Waals surface area contributed by atoms with Gasteiger partial charge in [0.05, 0.1) is 26.2 Å². The summed E-state index contributed by atoms with van der Waals surface area (Å²) in [6, 6.07) is 0. The van der Waals surface area contributed by atoms with Crippen LogP contribution < -0.4 is 5.11 Å². The Morgan fingerprint density at radius 1 is 1.07 bits per heavy atom. The van der Waals surface area contributed by atoms with Gasteiger partial charge in [-0.05, 0) is 40.0 Å². The van der Waals surface area contributed by atoms with Gasteiger partial charge >= 0.3 is 0 Å². The van der Waals surface area contributed by atoms with Crippen molar-refractivity contribution in [1.29, 1.82) is 0 Å². The molecule has 0 aliphatic heterocycles. The molecule has 84 valence electrons. The van der Waals surface area contributed by atoms with Gasteiger partial charge in [0.15, 0.2) is 0 Å². The van der Waals surface area contributed by atoms with E-state index >= 15 is 0 Å². The Bertz CT molecular complexity index is 156. The molecular formula is C11H23NO2. The number of rotatable bonds is 8. The van der Waals surface area contributed by atoms with Crippen molar-refractivity contribution in [2.45, 2.75) is 40.0 Å². The molecule has 0 aliphatic rings. The summed E-state index contributed by atoms with van der Waals surface area (Å²) in [5, 5.41) is 10.2. The minimum Gasteiger partial charge on any atom is -0.550 e. The van der Waals surface area contributed by atoms with Crippen molar-refractivity contribution in [3.63, 3.8) is 0 Å². The third-order valence-electron chi connectivity index (χ3n) is 3.28. The monoisotopic (exact) mass is 201 g/mol. The summed E-state index contributed by atoms with van der Waals surface area (Å²) in [6.45, 7) is 11.1. The van der Waals surface area contributed by atoms with Crippen molar-refractivity contribution < 1.29 is 14.4 Å². The van der Waals surface area contributed by atoms with Crippen LogP contribution in [0.15, 0.2) is 0 Å². The van der Waals surface area contributed by atoms with Gasteiger partial charge in [-0.25, -0.2) is 0 Å². The first-order valence-electron chi connectivity index (χ1n) is 5.65. The maximum atomic E-state index is 10.2. The molecule has 0 aromatic carbocycles. The lowest BCUT2D eigenvalue weighted by molar-refractivity contribution is -0.923. The zero-order valence-corrected chi connectivity index (χ0v) is 9.71. The Morgan fingerprint density at radius 2 is 1.57 bits per heavy atom. The van der Waals surface area contributed by atoms with E-state index in [1.54, 1.807) is 0 Å². The number of hydrogen-bond donors (Lipinski definition) is 0. The number of carbonyl (C=O) groups is 1. The van der Waals surface area contributed by atoms with Crippen molar-refractivity contribution in [3.05, 3.63) is 0 Å². The third kappa shape index (κ3) is 4.61. The molecule has 0 radical (unpaired) electrons. The lowest BCUT2D eigenvalue weighted by Crippen LogP contribution is -2.48. The highest BCUT2D eigenvalue weighted by molar-refractivity contribution is 5.63. The fourth-order valence-electron chi connectivity index (χ4n) is 1.86. The first-order chi connectivity index (χ1) is 6.60. The predicted octanol–water partition coefficient (Wildman–Crippen LogP) is 0.783. The average molecular weight is 201 g/mol. The molecule has 0 rings (SSSR count). The molecule has 0 N–H and O–H groups in total. The number of nitrogens with zero attached hydrogens (tertiary/aromatic N) is 1. The summed E-state index contributed by atoms with van der Waals surface area (Å²) in [5.41, 5.74) is 0. The van der Waals surface area contributed by atoms with Crippen LogP contribution in [0.1, 0.15) is 40.0 Å². The van der Waals surface area contributed by atoms with E-state index < -0.39 is 5.97 Å². The van der Waals surface area contributed by atoms with Crippen molar-refractivity contribution in [1.82, 2.24) is 0 Å². The SMILES string of the molecule is CC[N+](CC)(CC)CCCCC(=O)[O-]. The second-order valence-electron chi connectivity index (χ2n) is 3.84. The third-order valence-corrected chi connectivity index (χ3v) is 3.28. The normalized spacial score (nSPS) is 11.6. The molecule has 14 heavy (non-hydrogen) atoms. The van der Waals surface area contributed by atoms with E-state index in [4.69, 9.17) is 0 Å². The van der Waals surface area contributed by atoms with Gasteiger partial charge in [-0.3, -0.25) is 0 Å². The first kappa shape index (κ1) is 13.4.